The van der Waals surface area contributed by atoms with E-state index in [4.69, 9.17) is 20.8 Å². The van der Waals surface area contributed by atoms with Gasteiger partial charge < -0.3 is 14.5 Å². The van der Waals surface area contributed by atoms with Crippen LogP contribution in [0.15, 0.2) is 59.0 Å². The van der Waals surface area contributed by atoms with E-state index < -0.39 is 11.7 Å². The predicted molar refractivity (Wildman–Crippen MR) is 124 cm³/mol. The van der Waals surface area contributed by atoms with E-state index in [1.807, 2.05) is 39.0 Å². The molecule has 2 aromatic carbocycles. The third kappa shape index (κ3) is 5.26. The molecule has 0 bridgehead atoms. The second-order valence-corrected chi connectivity index (χ2v) is 8.21. The van der Waals surface area contributed by atoms with Crippen LogP contribution in [0.4, 0.5) is 10.2 Å². The number of amides is 1. The summed E-state index contributed by atoms with van der Waals surface area (Å²) in [5, 5.41) is 7.37. The second-order valence-electron chi connectivity index (χ2n) is 7.81. The maximum absolute atomic E-state index is 14.1. The molecule has 1 N–H and O–H groups in total. The summed E-state index contributed by atoms with van der Waals surface area (Å²) in [5.74, 6) is 0.912. The van der Waals surface area contributed by atoms with E-state index in [2.05, 4.69) is 10.4 Å². The molecule has 2 heterocycles. The Labute approximate surface area is 195 Å². The summed E-state index contributed by atoms with van der Waals surface area (Å²) in [4.78, 5) is 12.6. The summed E-state index contributed by atoms with van der Waals surface area (Å²) in [6.45, 7) is 6.13. The number of ether oxygens (including phenoxy) is 1. The molecule has 0 atom stereocenters. The molecule has 0 radical (unpaired) electrons. The first kappa shape index (κ1) is 22.6. The standard InChI is InChI=1S/C25H23ClFN3O3/c1-15-7-8-16(2)23(11-15)32-14-18-9-10-22(33-18)25(31)28-24-12-17(3)30(29-24)13-19-20(26)5-4-6-21(19)27/h4-12H,13-14H2,1-3H3,(H,28,29,31). The number of hydrogen-bond donors (Lipinski definition) is 1. The SMILES string of the molecule is Cc1ccc(C)c(OCc2ccc(C(=O)Nc3cc(C)n(Cc4c(F)cccc4Cl)n3)o2)c1. The zero-order valence-electron chi connectivity index (χ0n) is 18.5. The smallest absolute Gasteiger partial charge is 0.292 e. The largest absolute Gasteiger partial charge is 0.485 e. The van der Waals surface area contributed by atoms with E-state index in [9.17, 15) is 9.18 Å². The molecule has 0 spiro atoms. The molecule has 0 aliphatic carbocycles. The van der Waals surface area contributed by atoms with Gasteiger partial charge in [-0.15, -0.1) is 0 Å². The number of anilines is 1. The van der Waals surface area contributed by atoms with E-state index in [0.29, 0.717) is 22.2 Å². The Hall–Kier alpha value is -3.58. The highest BCUT2D eigenvalue weighted by molar-refractivity contribution is 6.31. The van der Waals surface area contributed by atoms with E-state index >= 15 is 0 Å². The van der Waals surface area contributed by atoms with Gasteiger partial charge in [0.15, 0.2) is 11.6 Å². The molecule has 0 fully saturated rings. The van der Waals surface area contributed by atoms with Crippen LogP contribution in [0.3, 0.4) is 0 Å². The molecule has 0 unspecified atom stereocenters. The Morgan fingerprint density at radius 3 is 2.76 bits per heavy atom. The first-order valence-electron chi connectivity index (χ1n) is 10.4. The first-order chi connectivity index (χ1) is 15.8. The van der Waals surface area contributed by atoms with Gasteiger partial charge in [-0.1, -0.05) is 29.8 Å². The van der Waals surface area contributed by atoms with Gasteiger partial charge in [-0.2, -0.15) is 5.10 Å². The minimum Gasteiger partial charge on any atom is -0.485 e. The normalized spacial score (nSPS) is 10.9. The fraction of sp³-hybridized carbons (Fsp3) is 0.200. The predicted octanol–water partition coefficient (Wildman–Crippen LogP) is 6.07. The lowest BCUT2D eigenvalue weighted by molar-refractivity contribution is 0.0992. The maximum Gasteiger partial charge on any atom is 0.292 e. The van der Waals surface area contributed by atoms with Gasteiger partial charge in [0.25, 0.3) is 5.91 Å². The summed E-state index contributed by atoms with van der Waals surface area (Å²) < 4.78 is 27.1. The summed E-state index contributed by atoms with van der Waals surface area (Å²) in [7, 11) is 0. The van der Waals surface area contributed by atoms with Crippen molar-refractivity contribution in [2.75, 3.05) is 5.32 Å². The third-order valence-corrected chi connectivity index (χ3v) is 5.55. The van der Waals surface area contributed by atoms with Crippen LogP contribution >= 0.6 is 11.6 Å². The monoisotopic (exact) mass is 467 g/mol. The van der Waals surface area contributed by atoms with Crippen molar-refractivity contribution < 1.29 is 18.3 Å². The number of hydrogen-bond acceptors (Lipinski definition) is 4. The van der Waals surface area contributed by atoms with Crippen LogP contribution in [0, 0.1) is 26.6 Å². The molecule has 0 aliphatic heterocycles. The van der Waals surface area contributed by atoms with Gasteiger partial charge in [-0.3, -0.25) is 9.48 Å². The van der Waals surface area contributed by atoms with Crippen molar-refractivity contribution in [3.05, 3.63) is 99.3 Å². The second kappa shape index (κ2) is 9.50. The van der Waals surface area contributed by atoms with Crippen molar-refractivity contribution in [2.45, 2.75) is 33.9 Å². The van der Waals surface area contributed by atoms with Crippen molar-refractivity contribution >= 4 is 23.3 Å². The number of furan rings is 1. The van der Waals surface area contributed by atoms with E-state index in [-0.39, 0.29) is 18.9 Å². The van der Waals surface area contributed by atoms with Crippen molar-refractivity contribution in [1.29, 1.82) is 0 Å². The molecule has 2 aromatic heterocycles. The molecule has 33 heavy (non-hydrogen) atoms. The maximum atomic E-state index is 14.1. The van der Waals surface area contributed by atoms with E-state index in [1.54, 1.807) is 35.0 Å². The van der Waals surface area contributed by atoms with Gasteiger partial charge in [0.05, 0.1) is 6.54 Å². The lowest BCUT2D eigenvalue weighted by Gasteiger charge is -2.08. The van der Waals surface area contributed by atoms with Crippen LogP contribution in [0.1, 0.15) is 38.7 Å². The average molecular weight is 468 g/mol. The van der Waals surface area contributed by atoms with Crippen molar-refractivity contribution in [3.8, 4) is 5.75 Å². The van der Waals surface area contributed by atoms with Crippen molar-refractivity contribution in [3.63, 3.8) is 0 Å². The van der Waals surface area contributed by atoms with E-state index in [0.717, 1.165) is 22.6 Å². The highest BCUT2D eigenvalue weighted by Gasteiger charge is 2.16. The molecular weight excluding hydrogens is 445 g/mol. The summed E-state index contributed by atoms with van der Waals surface area (Å²) >= 11 is 6.11. The number of carbonyl (C=O) groups excluding carboxylic acids is 1. The van der Waals surface area contributed by atoms with Crippen LogP contribution in [0.5, 0.6) is 5.75 Å². The minimum atomic E-state index is -0.443. The number of aromatic nitrogens is 2. The number of rotatable bonds is 7. The lowest BCUT2D eigenvalue weighted by Crippen LogP contribution is -2.12. The summed E-state index contributed by atoms with van der Waals surface area (Å²) in [6.07, 6.45) is 0. The molecule has 4 aromatic rings. The lowest BCUT2D eigenvalue weighted by atomic mass is 10.1. The van der Waals surface area contributed by atoms with Gasteiger partial charge in [-0.05, 0) is 62.2 Å². The number of nitrogens with one attached hydrogen (secondary N) is 1. The molecule has 6 nitrogen and oxygen atoms in total. The Bertz CT molecular complexity index is 1290. The Kier molecular flexibility index (Phi) is 6.51. The Morgan fingerprint density at radius 1 is 1.15 bits per heavy atom. The molecule has 8 heteroatoms. The average Bonchev–Trinajstić information content (AvgIpc) is 3.38. The highest BCUT2D eigenvalue weighted by atomic mass is 35.5. The van der Waals surface area contributed by atoms with Gasteiger partial charge in [0, 0.05) is 22.3 Å². The summed E-state index contributed by atoms with van der Waals surface area (Å²) in [6, 6.07) is 15.5. The molecule has 1 amide bonds. The Balaban J connectivity index is 1.40. The molecule has 0 saturated heterocycles. The van der Waals surface area contributed by atoms with Gasteiger partial charge in [-0.25, -0.2) is 4.39 Å². The van der Waals surface area contributed by atoms with Crippen LogP contribution in [-0.4, -0.2) is 15.7 Å². The van der Waals surface area contributed by atoms with Gasteiger partial charge in [0.1, 0.15) is 23.9 Å². The van der Waals surface area contributed by atoms with E-state index in [1.165, 1.54) is 6.07 Å². The summed E-state index contributed by atoms with van der Waals surface area (Å²) in [5.41, 5.74) is 3.20. The van der Waals surface area contributed by atoms with Gasteiger partial charge >= 0.3 is 0 Å². The van der Waals surface area contributed by atoms with Gasteiger partial charge in [0.2, 0.25) is 0 Å². The molecule has 0 saturated carbocycles. The fourth-order valence-corrected chi connectivity index (χ4v) is 3.55. The number of carbonyl (C=O) groups is 1. The Morgan fingerprint density at radius 2 is 1.97 bits per heavy atom. The molecule has 0 aliphatic rings. The minimum absolute atomic E-state index is 0.138. The number of halogens is 2. The third-order valence-electron chi connectivity index (χ3n) is 5.19. The topological polar surface area (TPSA) is 69.3 Å². The number of benzene rings is 2. The van der Waals surface area contributed by atoms with Crippen LogP contribution < -0.4 is 10.1 Å². The van der Waals surface area contributed by atoms with Crippen molar-refractivity contribution in [1.82, 2.24) is 9.78 Å². The molecule has 4 rings (SSSR count). The zero-order valence-corrected chi connectivity index (χ0v) is 19.2. The molecular formula is C25H23ClFN3O3. The fourth-order valence-electron chi connectivity index (χ4n) is 3.33. The quantitative estimate of drug-likeness (QED) is 0.358. The van der Waals surface area contributed by atoms with Crippen LogP contribution in [0.2, 0.25) is 5.02 Å². The molecule has 170 valence electrons. The highest BCUT2D eigenvalue weighted by Crippen LogP contribution is 2.23. The van der Waals surface area contributed by atoms with Crippen LogP contribution in [0.25, 0.3) is 0 Å². The first-order valence-corrected chi connectivity index (χ1v) is 10.8. The number of nitrogens with zero attached hydrogens (tertiary/aromatic N) is 2. The zero-order chi connectivity index (χ0) is 23.5. The van der Waals surface area contributed by atoms with Crippen molar-refractivity contribution in [2.24, 2.45) is 0 Å². The van der Waals surface area contributed by atoms with Crippen LogP contribution in [-0.2, 0) is 13.2 Å². The number of aryl methyl sites for hydroxylation is 3.